The summed E-state index contributed by atoms with van der Waals surface area (Å²) in [7, 11) is 0. The number of hydrogen-bond donors (Lipinski definition) is 0. The molecule has 0 heterocycles. The van der Waals surface area contributed by atoms with Gasteiger partial charge in [-0.05, 0) is 140 Å². The molecule has 65 heavy (non-hydrogen) atoms. The first kappa shape index (κ1) is 54.9. The molecule has 8 rings (SSSR count). The van der Waals surface area contributed by atoms with Crippen LogP contribution in [0.4, 0.5) is 0 Å². The third-order valence-electron chi connectivity index (χ3n) is 10.9. The molecule has 0 saturated carbocycles. The van der Waals surface area contributed by atoms with Crippen LogP contribution in [0.1, 0.15) is 98.7 Å². The van der Waals surface area contributed by atoms with Gasteiger partial charge < -0.3 is 0 Å². The van der Waals surface area contributed by atoms with Gasteiger partial charge in [-0.1, -0.05) is 259 Å². The minimum Gasteiger partial charge on any atom is -0.0622 e. The van der Waals surface area contributed by atoms with E-state index in [0.29, 0.717) is 0 Å². The molecule has 8 aromatic carbocycles. The molecule has 0 atom stereocenters. The molecule has 0 aliphatic carbocycles. The maximum atomic E-state index is 2.23. The van der Waals surface area contributed by atoms with Crippen molar-refractivity contribution >= 4 is 0 Å². The third kappa shape index (κ3) is 23.9. The van der Waals surface area contributed by atoms with Crippen LogP contribution in [0.25, 0.3) is 11.1 Å². The van der Waals surface area contributed by atoms with Crippen LogP contribution in [0.3, 0.4) is 0 Å². The second kappa shape index (κ2) is 29.3. The normalized spacial score (nSPS) is 9.85. The van der Waals surface area contributed by atoms with Crippen LogP contribution in [-0.4, -0.2) is 0 Å². The predicted molar refractivity (Wildman–Crippen MR) is 291 cm³/mol. The van der Waals surface area contributed by atoms with E-state index in [4.69, 9.17) is 0 Å². The first-order valence-electron chi connectivity index (χ1n) is 23.1. The summed E-state index contributed by atoms with van der Waals surface area (Å²) in [5, 5.41) is 0. The Morgan fingerprint density at radius 2 is 0.538 bits per heavy atom. The lowest BCUT2D eigenvalue weighted by Crippen LogP contribution is -2.10. The maximum Gasteiger partial charge on any atom is -0.0132 e. The number of rotatable bonds is 1. The van der Waals surface area contributed by atoms with Gasteiger partial charge in [0, 0.05) is 0 Å². The van der Waals surface area contributed by atoms with Gasteiger partial charge in [0.15, 0.2) is 0 Å². The van der Waals surface area contributed by atoms with Gasteiger partial charge >= 0.3 is 0 Å². The van der Waals surface area contributed by atoms with Crippen LogP contribution in [0.5, 0.6) is 0 Å². The fourth-order valence-corrected chi connectivity index (χ4v) is 6.32. The molecule has 0 saturated heterocycles. The van der Waals surface area contributed by atoms with Crippen LogP contribution < -0.4 is 0 Å². The standard InChI is InChI=1S/C13H12.C11H16.C10H14.3C8H10.C7H8/c1-11-7-9-13(10-8-11)12-5-3-2-4-6-12;1-9-5-7-10(8-6-9)11(2,3)4;1-7-5-8(2)10(4)9(3)6-7;1-7-3-5-8(2)6-4-7;1-7-4-3-5-8(2)6-7;1-7-5-3-4-6-8(7)2;1-7-5-3-2-4-6-7/h2-10H,1H3;5-8H,1-4H3;5-6H,1-4H3;3*3-6H,1-2H3;2-6H,1H3. The van der Waals surface area contributed by atoms with Crippen molar-refractivity contribution < 1.29 is 0 Å². The zero-order valence-corrected chi connectivity index (χ0v) is 43.0. The highest BCUT2D eigenvalue weighted by Gasteiger charge is 2.12. The zero-order valence-electron chi connectivity index (χ0n) is 43.0. The molecule has 0 N–H and O–H groups in total. The molecule has 0 aliphatic heterocycles. The molecule has 0 amide bonds. The average molecular weight is 861 g/mol. The van der Waals surface area contributed by atoms with E-state index in [0.717, 1.165) is 0 Å². The summed E-state index contributed by atoms with van der Waals surface area (Å²) in [5.74, 6) is 0. The summed E-state index contributed by atoms with van der Waals surface area (Å²) in [6, 6.07) is 67.8. The van der Waals surface area contributed by atoms with Crippen molar-refractivity contribution in [3.63, 3.8) is 0 Å². The fraction of sp³-hybridized carbons (Fsp3) is 0.262. The van der Waals surface area contributed by atoms with Crippen LogP contribution in [0.15, 0.2) is 194 Å². The van der Waals surface area contributed by atoms with E-state index in [9.17, 15) is 0 Å². The molecule has 0 aromatic heterocycles. The van der Waals surface area contributed by atoms with Crippen molar-refractivity contribution in [2.45, 2.75) is 116 Å². The Balaban J connectivity index is 0.000000263. The Kier molecular flexibility index (Phi) is 24.7. The lowest BCUT2D eigenvalue weighted by molar-refractivity contribution is 0.590. The minimum absolute atomic E-state index is 0.285. The van der Waals surface area contributed by atoms with Crippen LogP contribution in [-0.2, 0) is 5.41 Å². The summed E-state index contributed by atoms with van der Waals surface area (Å²) in [5.41, 5.74) is 21.9. The van der Waals surface area contributed by atoms with Gasteiger partial charge in [0.2, 0.25) is 0 Å². The molecule has 0 aliphatic rings. The lowest BCUT2D eigenvalue weighted by Gasteiger charge is -2.18. The predicted octanol–water partition coefficient (Wildman–Crippen LogP) is 18.8. The van der Waals surface area contributed by atoms with Crippen molar-refractivity contribution in [2.75, 3.05) is 0 Å². The van der Waals surface area contributed by atoms with Gasteiger partial charge in [0.1, 0.15) is 0 Å². The SMILES string of the molecule is Cc1cc(C)c(C)c(C)c1.Cc1ccc(-c2ccccc2)cc1.Cc1ccc(C(C)(C)C)cc1.Cc1ccc(C)cc1.Cc1cccc(C)c1.Cc1ccccc1.Cc1ccccc1C. The quantitative estimate of drug-likeness (QED) is 0.154. The summed E-state index contributed by atoms with van der Waals surface area (Å²) in [4.78, 5) is 0. The van der Waals surface area contributed by atoms with Crippen molar-refractivity contribution in [1.29, 1.82) is 0 Å². The molecule has 0 fully saturated rings. The molecule has 340 valence electrons. The summed E-state index contributed by atoms with van der Waals surface area (Å²) >= 11 is 0. The monoisotopic (exact) mass is 861 g/mol. The zero-order chi connectivity index (χ0) is 48.4. The van der Waals surface area contributed by atoms with Gasteiger partial charge in [-0.3, -0.25) is 0 Å². The average Bonchev–Trinajstić information content (AvgIpc) is 3.27. The van der Waals surface area contributed by atoms with E-state index in [1.54, 1.807) is 0 Å². The summed E-state index contributed by atoms with van der Waals surface area (Å²) in [6.07, 6.45) is 0. The number of hydrogen-bond acceptors (Lipinski definition) is 0. The molecular weight excluding hydrogens is 781 g/mol. The maximum absolute atomic E-state index is 2.23. The fourth-order valence-electron chi connectivity index (χ4n) is 6.32. The highest BCUT2D eigenvalue weighted by Crippen LogP contribution is 2.22. The molecule has 0 radical (unpaired) electrons. The summed E-state index contributed by atoms with van der Waals surface area (Å²) < 4.78 is 0. The Labute approximate surface area is 397 Å². The van der Waals surface area contributed by atoms with Crippen molar-refractivity contribution in [3.05, 3.63) is 272 Å². The summed E-state index contributed by atoms with van der Waals surface area (Å²) in [6.45, 7) is 34.3. The topological polar surface area (TPSA) is 0 Å². The Bertz CT molecular complexity index is 2400. The third-order valence-corrected chi connectivity index (χ3v) is 10.9. The smallest absolute Gasteiger partial charge is 0.0132 e. The number of aryl methyl sites for hydroxylation is 12. The largest absolute Gasteiger partial charge is 0.0622 e. The van der Waals surface area contributed by atoms with Gasteiger partial charge in [-0.25, -0.2) is 0 Å². The highest BCUT2D eigenvalue weighted by atomic mass is 14.2. The van der Waals surface area contributed by atoms with E-state index in [-0.39, 0.29) is 5.41 Å². The highest BCUT2D eigenvalue weighted by molar-refractivity contribution is 5.63. The first-order valence-corrected chi connectivity index (χ1v) is 23.1. The van der Waals surface area contributed by atoms with E-state index >= 15 is 0 Å². The molecule has 0 heteroatoms. The Morgan fingerprint density at radius 3 is 0.862 bits per heavy atom. The van der Waals surface area contributed by atoms with Crippen LogP contribution >= 0.6 is 0 Å². The van der Waals surface area contributed by atoms with Gasteiger partial charge in [0.25, 0.3) is 0 Å². The Hall–Kier alpha value is -6.24. The molecule has 0 nitrogen and oxygen atoms in total. The Morgan fingerprint density at radius 1 is 0.231 bits per heavy atom. The molecule has 0 bridgehead atoms. The molecule has 0 unspecified atom stereocenters. The van der Waals surface area contributed by atoms with Gasteiger partial charge in [-0.2, -0.15) is 0 Å². The van der Waals surface area contributed by atoms with E-state index < -0.39 is 0 Å². The van der Waals surface area contributed by atoms with Crippen molar-refractivity contribution in [1.82, 2.24) is 0 Å². The number of benzene rings is 8. The van der Waals surface area contributed by atoms with Crippen LogP contribution in [0.2, 0.25) is 0 Å². The minimum atomic E-state index is 0.285. The van der Waals surface area contributed by atoms with Crippen molar-refractivity contribution in [2.24, 2.45) is 0 Å². The van der Waals surface area contributed by atoms with Gasteiger partial charge in [0.05, 0.1) is 0 Å². The van der Waals surface area contributed by atoms with E-state index in [2.05, 4.69) is 281 Å². The van der Waals surface area contributed by atoms with E-state index in [1.807, 2.05) is 24.3 Å². The van der Waals surface area contributed by atoms with E-state index in [1.165, 1.54) is 89.0 Å². The molecule has 0 spiro atoms. The molecule has 8 aromatic rings. The second-order valence-corrected chi connectivity index (χ2v) is 18.4. The lowest BCUT2D eigenvalue weighted by atomic mass is 9.87. The van der Waals surface area contributed by atoms with Crippen molar-refractivity contribution in [3.8, 4) is 11.1 Å². The molecular formula is C65H80. The second-order valence-electron chi connectivity index (χ2n) is 18.4. The van der Waals surface area contributed by atoms with Gasteiger partial charge in [-0.15, -0.1) is 0 Å². The van der Waals surface area contributed by atoms with Crippen LogP contribution in [0, 0.1) is 90.0 Å². The first-order chi connectivity index (χ1) is 30.7.